The highest BCUT2D eigenvalue weighted by Crippen LogP contribution is 2.23. The summed E-state index contributed by atoms with van der Waals surface area (Å²) in [5.74, 6) is -1.89. The Morgan fingerprint density at radius 2 is 1.62 bits per heavy atom. The van der Waals surface area contributed by atoms with Gasteiger partial charge < -0.3 is 10.2 Å². The molecule has 0 heterocycles. The molecule has 2 aromatic carbocycles. The Morgan fingerprint density at radius 3 is 2.24 bits per heavy atom. The Morgan fingerprint density at radius 1 is 1.00 bits per heavy atom. The van der Waals surface area contributed by atoms with E-state index in [4.69, 9.17) is 0 Å². The van der Waals surface area contributed by atoms with Crippen LogP contribution in [-0.4, -0.2) is 50.0 Å². The lowest BCUT2D eigenvalue weighted by Gasteiger charge is -2.31. The Hall–Kier alpha value is -3.01. The number of carbonyl (C=O) groups is 2. The van der Waals surface area contributed by atoms with Gasteiger partial charge in [-0.3, -0.25) is 13.9 Å². The van der Waals surface area contributed by atoms with E-state index in [2.05, 4.69) is 5.32 Å². The molecule has 0 bridgehead atoms. The fourth-order valence-electron chi connectivity index (χ4n) is 4.60. The molecule has 1 saturated carbocycles. The standard InChI is InChI=1S/C27H35F2N3O4S/c1-20(27(34)30-22-12-4-3-5-13-22)31(19-21-11-6-7-14-23(21)28)26(33)17-10-18-32(37(2,35)36)25-16-9-8-15-24(25)29/h6-9,11,14-16,20,22H,3-5,10,12-13,17-19H2,1-2H3,(H,30,34)/t20-/m0/s1. The Bertz CT molecular complexity index is 1190. The van der Waals surface area contributed by atoms with Crippen LogP contribution in [-0.2, 0) is 26.2 Å². The van der Waals surface area contributed by atoms with E-state index in [1.807, 2.05) is 0 Å². The second-order valence-corrected chi connectivity index (χ2v) is 11.4. The molecule has 1 N–H and O–H groups in total. The molecule has 0 saturated heterocycles. The molecule has 1 fully saturated rings. The molecular formula is C27H35F2N3O4S. The second kappa shape index (κ2) is 13.0. The molecule has 1 aliphatic carbocycles. The Balaban J connectivity index is 1.73. The van der Waals surface area contributed by atoms with Gasteiger partial charge in [-0.1, -0.05) is 49.6 Å². The molecule has 3 rings (SSSR count). The predicted molar refractivity (Wildman–Crippen MR) is 139 cm³/mol. The minimum absolute atomic E-state index is 0.0539. The average Bonchev–Trinajstić information content (AvgIpc) is 2.86. The molecule has 37 heavy (non-hydrogen) atoms. The highest BCUT2D eigenvalue weighted by atomic mass is 32.2. The van der Waals surface area contributed by atoms with Gasteiger partial charge in [0.15, 0.2) is 0 Å². The lowest BCUT2D eigenvalue weighted by Crippen LogP contribution is -2.50. The van der Waals surface area contributed by atoms with Crippen molar-refractivity contribution in [2.75, 3.05) is 17.1 Å². The molecule has 0 spiro atoms. The van der Waals surface area contributed by atoms with Crippen LogP contribution in [0.15, 0.2) is 48.5 Å². The maximum atomic E-state index is 14.4. The van der Waals surface area contributed by atoms with Crippen molar-refractivity contribution in [1.29, 1.82) is 0 Å². The third-order valence-electron chi connectivity index (χ3n) is 6.69. The molecule has 10 heteroatoms. The van der Waals surface area contributed by atoms with Crippen LogP contribution in [0, 0.1) is 11.6 Å². The normalized spacial score (nSPS) is 15.1. The van der Waals surface area contributed by atoms with Crippen LogP contribution in [0.4, 0.5) is 14.5 Å². The van der Waals surface area contributed by atoms with E-state index >= 15 is 0 Å². The van der Waals surface area contributed by atoms with Gasteiger partial charge in [0.1, 0.15) is 17.7 Å². The highest BCUT2D eigenvalue weighted by Gasteiger charge is 2.29. The quantitative estimate of drug-likeness (QED) is 0.463. The molecule has 0 aliphatic heterocycles. The van der Waals surface area contributed by atoms with Crippen molar-refractivity contribution in [3.8, 4) is 0 Å². The summed E-state index contributed by atoms with van der Waals surface area (Å²) in [6.45, 7) is 1.38. The number of nitrogens with zero attached hydrogens (tertiary/aromatic N) is 2. The maximum absolute atomic E-state index is 14.4. The average molecular weight is 536 g/mol. The van der Waals surface area contributed by atoms with Crippen molar-refractivity contribution in [3.63, 3.8) is 0 Å². The first-order chi connectivity index (χ1) is 17.6. The lowest BCUT2D eigenvalue weighted by molar-refractivity contribution is -0.141. The first-order valence-electron chi connectivity index (χ1n) is 12.6. The van der Waals surface area contributed by atoms with Gasteiger partial charge in [-0.15, -0.1) is 0 Å². The first kappa shape index (κ1) is 28.6. The topological polar surface area (TPSA) is 86.8 Å². The van der Waals surface area contributed by atoms with Gasteiger partial charge in [-0.2, -0.15) is 0 Å². The minimum Gasteiger partial charge on any atom is -0.352 e. The predicted octanol–water partition coefficient (Wildman–Crippen LogP) is 4.38. The third-order valence-corrected chi connectivity index (χ3v) is 7.87. The number of rotatable bonds is 11. The van der Waals surface area contributed by atoms with Gasteiger partial charge in [-0.25, -0.2) is 17.2 Å². The van der Waals surface area contributed by atoms with Crippen LogP contribution >= 0.6 is 0 Å². The molecule has 2 amide bonds. The van der Waals surface area contributed by atoms with E-state index in [9.17, 15) is 26.8 Å². The van der Waals surface area contributed by atoms with Crippen LogP contribution in [0.25, 0.3) is 0 Å². The number of carbonyl (C=O) groups excluding carboxylic acids is 2. The van der Waals surface area contributed by atoms with Crippen molar-refractivity contribution < 1.29 is 26.8 Å². The summed E-state index contributed by atoms with van der Waals surface area (Å²) in [5, 5.41) is 3.02. The van der Waals surface area contributed by atoms with E-state index in [1.54, 1.807) is 25.1 Å². The number of hydrogen-bond acceptors (Lipinski definition) is 4. The molecule has 2 aromatic rings. The number of nitrogens with one attached hydrogen (secondary N) is 1. The Kier molecular flexibility index (Phi) is 10.0. The fourth-order valence-corrected chi connectivity index (χ4v) is 5.56. The zero-order valence-electron chi connectivity index (χ0n) is 21.3. The summed E-state index contributed by atoms with van der Waals surface area (Å²) in [4.78, 5) is 27.7. The monoisotopic (exact) mass is 535 g/mol. The summed E-state index contributed by atoms with van der Waals surface area (Å²) >= 11 is 0. The van der Waals surface area contributed by atoms with Crippen molar-refractivity contribution in [2.45, 2.75) is 70.5 Å². The number of amides is 2. The largest absolute Gasteiger partial charge is 0.352 e. The van der Waals surface area contributed by atoms with Gasteiger partial charge in [0.2, 0.25) is 21.8 Å². The van der Waals surface area contributed by atoms with Gasteiger partial charge in [0.25, 0.3) is 0 Å². The molecule has 1 atom stereocenters. The summed E-state index contributed by atoms with van der Waals surface area (Å²) in [6, 6.07) is 10.8. The lowest BCUT2D eigenvalue weighted by atomic mass is 9.95. The highest BCUT2D eigenvalue weighted by molar-refractivity contribution is 7.92. The smallest absolute Gasteiger partial charge is 0.242 e. The number of benzene rings is 2. The zero-order valence-corrected chi connectivity index (χ0v) is 22.1. The fraction of sp³-hybridized carbons (Fsp3) is 0.481. The van der Waals surface area contributed by atoms with Gasteiger partial charge in [0, 0.05) is 31.1 Å². The number of anilines is 1. The molecule has 0 aromatic heterocycles. The van der Waals surface area contributed by atoms with Crippen molar-refractivity contribution in [2.24, 2.45) is 0 Å². The van der Waals surface area contributed by atoms with Crippen molar-refractivity contribution in [1.82, 2.24) is 10.2 Å². The summed E-state index contributed by atoms with van der Waals surface area (Å²) in [5.41, 5.74) is 0.179. The maximum Gasteiger partial charge on any atom is 0.242 e. The van der Waals surface area contributed by atoms with E-state index in [1.165, 1.54) is 35.2 Å². The van der Waals surface area contributed by atoms with Crippen LogP contribution in [0.1, 0.15) is 57.4 Å². The number of sulfonamides is 1. The van der Waals surface area contributed by atoms with E-state index in [-0.39, 0.29) is 49.1 Å². The van der Waals surface area contributed by atoms with Crippen molar-refractivity contribution >= 4 is 27.5 Å². The van der Waals surface area contributed by atoms with Crippen LogP contribution in [0.3, 0.4) is 0 Å². The van der Waals surface area contributed by atoms with Gasteiger partial charge in [-0.05, 0) is 44.4 Å². The summed E-state index contributed by atoms with van der Waals surface area (Å²) < 4.78 is 54.3. The Labute approximate surface area is 217 Å². The van der Waals surface area contributed by atoms with Crippen LogP contribution < -0.4 is 9.62 Å². The van der Waals surface area contributed by atoms with Crippen LogP contribution in [0.2, 0.25) is 0 Å². The SMILES string of the molecule is C[C@@H](C(=O)NC1CCCCC1)N(Cc1ccccc1F)C(=O)CCCN(c1ccccc1F)S(C)(=O)=O. The molecule has 0 radical (unpaired) electrons. The van der Waals surface area contributed by atoms with Gasteiger partial charge in [0.05, 0.1) is 11.9 Å². The summed E-state index contributed by atoms with van der Waals surface area (Å²) in [7, 11) is -3.80. The zero-order chi connectivity index (χ0) is 27.0. The van der Waals surface area contributed by atoms with Gasteiger partial charge >= 0.3 is 0 Å². The molecule has 1 aliphatic rings. The van der Waals surface area contributed by atoms with E-state index in [0.29, 0.717) is 0 Å². The number of hydrogen-bond donors (Lipinski definition) is 1. The molecule has 7 nitrogen and oxygen atoms in total. The number of para-hydroxylation sites is 1. The molecule has 0 unspecified atom stereocenters. The second-order valence-electron chi connectivity index (χ2n) is 9.52. The molecular weight excluding hydrogens is 500 g/mol. The first-order valence-corrected chi connectivity index (χ1v) is 14.5. The minimum atomic E-state index is -3.80. The van der Waals surface area contributed by atoms with E-state index in [0.717, 1.165) is 42.7 Å². The summed E-state index contributed by atoms with van der Waals surface area (Å²) in [6.07, 6.45) is 5.95. The van der Waals surface area contributed by atoms with E-state index < -0.39 is 33.6 Å². The molecule has 202 valence electrons. The number of halogens is 2. The van der Waals surface area contributed by atoms with Crippen molar-refractivity contribution in [3.05, 3.63) is 65.7 Å². The van der Waals surface area contributed by atoms with Crippen LogP contribution in [0.5, 0.6) is 0 Å². The third kappa shape index (κ3) is 7.99.